The Balaban J connectivity index is 2.07. The summed E-state index contributed by atoms with van der Waals surface area (Å²) in [4.78, 5) is 6.64. The summed E-state index contributed by atoms with van der Waals surface area (Å²) in [6, 6.07) is 0.558. The summed E-state index contributed by atoms with van der Waals surface area (Å²) in [5.41, 5.74) is 0. The van der Waals surface area contributed by atoms with Crippen LogP contribution in [0.1, 0.15) is 12.8 Å². The molecule has 2 heteroatoms. The highest BCUT2D eigenvalue weighted by Gasteiger charge is 2.32. The quantitative estimate of drug-likeness (QED) is 0.489. The monoisotopic (exact) mass is 138 g/mol. The van der Waals surface area contributed by atoms with Gasteiger partial charge in [0.05, 0.1) is 6.04 Å². The van der Waals surface area contributed by atoms with Crippen LogP contribution in [0.25, 0.3) is 0 Å². The zero-order valence-electron chi connectivity index (χ0n) is 6.29. The smallest absolute Gasteiger partial charge is 0.0648 e. The normalized spacial score (nSPS) is 45.4. The van der Waals surface area contributed by atoms with Crippen molar-refractivity contribution >= 4 is 6.72 Å². The van der Waals surface area contributed by atoms with Gasteiger partial charge in [-0.15, -0.1) is 0 Å². The van der Waals surface area contributed by atoms with Crippen molar-refractivity contribution in [3.8, 4) is 0 Å². The van der Waals surface area contributed by atoms with Gasteiger partial charge >= 0.3 is 0 Å². The number of hydrogen-bond acceptors (Lipinski definition) is 2. The van der Waals surface area contributed by atoms with Crippen LogP contribution < -0.4 is 0 Å². The minimum atomic E-state index is 0.558. The van der Waals surface area contributed by atoms with Gasteiger partial charge in [-0.2, -0.15) is 0 Å². The fraction of sp³-hybridized carbons (Fsp3) is 0.875. The lowest BCUT2D eigenvalue weighted by molar-refractivity contribution is 0.0910. The first-order valence-electron chi connectivity index (χ1n) is 4.08. The number of nitrogens with zero attached hydrogens (tertiary/aromatic N) is 2. The Morgan fingerprint density at radius 3 is 2.30 bits per heavy atom. The van der Waals surface area contributed by atoms with Crippen LogP contribution >= 0.6 is 0 Å². The molecule has 3 aliphatic rings. The molecule has 0 aromatic carbocycles. The van der Waals surface area contributed by atoms with Crippen molar-refractivity contribution < 1.29 is 0 Å². The molecule has 0 saturated carbocycles. The van der Waals surface area contributed by atoms with E-state index in [1.165, 1.54) is 32.5 Å². The maximum Gasteiger partial charge on any atom is 0.0648 e. The van der Waals surface area contributed by atoms with Crippen LogP contribution in [0.4, 0.5) is 0 Å². The molecule has 2 bridgehead atoms. The van der Waals surface area contributed by atoms with E-state index in [1.54, 1.807) is 0 Å². The van der Waals surface area contributed by atoms with E-state index in [0.717, 1.165) is 5.92 Å². The average Bonchev–Trinajstić information content (AvgIpc) is 2.06. The van der Waals surface area contributed by atoms with Crippen molar-refractivity contribution in [1.82, 2.24) is 4.90 Å². The summed E-state index contributed by atoms with van der Waals surface area (Å²) in [5, 5.41) is 0. The van der Waals surface area contributed by atoms with Gasteiger partial charge in [-0.05, 0) is 38.6 Å². The Kier molecular flexibility index (Phi) is 1.49. The molecule has 1 unspecified atom stereocenters. The van der Waals surface area contributed by atoms with Gasteiger partial charge in [-0.1, -0.05) is 0 Å². The van der Waals surface area contributed by atoms with Gasteiger partial charge in [-0.25, -0.2) is 0 Å². The number of aliphatic imine (C=N–C) groups is 1. The maximum atomic E-state index is 4.14. The van der Waals surface area contributed by atoms with Crippen molar-refractivity contribution in [2.45, 2.75) is 18.9 Å². The van der Waals surface area contributed by atoms with Crippen molar-refractivity contribution in [3.63, 3.8) is 0 Å². The molecule has 3 saturated heterocycles. The molecule has 0 aromatic heterocycles. The molecule has 0 N–H and O–H groups in total. The van der Waals surface area contributed by atoms with Crippen LogP contribution in [-0.4, -0.2) is 37.3 Å². The Bertz CT molecular complexity index is 136. The third-order valence-corrected chi connectivity index (χ3v) is 2.86. The molecule has 10 heavy (non-hydrogen) atoms. The molecule has 0 spiro atoms. The lowest BCUT2D eigenvalue weighted by Gasteiger charge is -2.42. The molecule has 3 aliphatic heterocycles. The molecule has 0 aliphatic carbocycles. The van der Waals surface area contributed by atoms with Gasteiger partial charge < -0.3 is 4.90 Å². The summed E-state index contributed by atoms with van der Waals surface area (Å²) >= 11 is 0. The molecule has 0 aromatic rings. The van der Waals surface area contributed by atoms with Crippen molar-refractivity contribution in [3.05, 3.63) is 0 Å². The predicted molar refractivity (Wildman–Crippen MR) is 42.5 cm³/mol. The molecule has 0 radical (unpaired) electrons. The highest BCUT2D eigenvalue weighted by atomic mass is 15.2. The van der Waals surface area contributed by atoms with E-state index in [4.69, 9.17) is 0 Å². The zero-order chi connectivity index (χ0) is 6.97. The van der Waals surface area contributed by atoms with Crippen LogP contribution in [0.3, 0.4) is 0 Å². The lowest BCUT2D eigenvalue weighted by atomic mass is 9.84. The topological polar surface area (TPSA) is 15.6 Å². The summed E-state index contributed by atoms with van der Waals surface area (Å²) in [6.07, 6.45) is 2.70. The first-order chi connectivity index (χ1) is 4.90. The van der Waals surface area contributed by atoms with Gasteiger partial charge in [0.25, 0.3) is 0 Å². The number of rotatable bonds is 1. The third-order valence-electron chi connectivity index (χ3n) is 2.86. The Hall–Kier alpha value is -0.370. The summed E-state index contributed by atoms with van der Waals surface area (Å²) in [5.74, 6) is 0.863. The highest BCUT2D eigenvalue weighted by molar-refractivity contribution is 5.25. The van der Waals surface area contributed by atoms with E-state index in [9.17, 15) is 0 Å². The van der Waals surface area contributed by atoms with Crippen LogP contribution in [0.15, 0.2) is 4.99 Å². The van der Waals surface area contributed by atoms with Gasteiger partial charge in [0, 0.05) is 6.54 Å². The van der Waals surface area contributed by atoms with Gasteiger partial charge in [-0.3, -0.25) is 4.99 Å². The number of hydrogen-bond donors (Lipinski definition) is 0. The van der Waals surface area contributed by atoms with E-state index in [2.05, 4.69) is 16.6 Å². The minimum absolute atomic E-state index is 0.558. The lowest BCUT2D eigenvalue weighted by Crippen LogP contribution is -2.49. The predicted octanol–water partition coefficient (Wildman–Crippen LogP) is 0.781. The first-order valence-corrected chi connectivity index (χ1v) is 4.08. The maximum absolute atomic E-state index is 4.14. The van der Waals surface area contributed by atoms with Gasteiger partial charge in [0.1, 0.15) is 0 Å². The zero-order valence-corrected chi connectivity index (χ0v) is 6.29. The fourth-order valence-electron chi connectivity index (χ4n) is 2.14. The summed E-state index contributed by atoms with van der Waals surface area (Å²) < 4.78 is 0. The Labute approximate surface area is 61.9 Å². The molecule has 56 valence electrons. The van der Waals surface area contributed by atoms with Gasteiger partial charge in [0.15, 0.2) is 0 Å². The average molecular weight is 138 g/mol. The molecule has 0 amide bonds. The molecular weight excluding hydrogens is 124 g/mol. The second-order valence-electron chi connectivity index (χ2n) is 3.39. The molecular formula is C8H14N2. The van der Waals surface area contributed by atoms with Crippen LogP contribution in [0, 0.1) is 5.92 Å². The summed E-state index contributed by atoms with van der Waals surface area (Å²) in [6.45, 7) is 7.41. The van der Waals surface area contributed by atoms with E-state index in [1.807, 2.05) is 0 Å². The second kappa shape index (κ2) is 2.35. The minimum Gasteiger partial charge on any atom is -0.301 e. The Morgan fingerprint density at radius 2 is 2.00 bits per heavy atom. The van der Waals surface area contributed by atoms with Crippen LogP contribution in [0.5, 0.6) is 0 Å². The van der Waals surface area contributed by atoms with E-state index in [-0.39, 0.29) is 0 Å². The second-order valence-corrected chi connectivity index (χ2v) is 3.39. The van der Waals surface area contributed by atoms with Crippen molar-refractivity contribution in [2.24, 2.45) is 10.9 Å². The summed E-state index contributed by atoms with van der Waals surface area (Å²) in [7, 11) is 0. The van der Waals surface area contributed by atoms with Crippen LogP contribution in [0.2, 0.25) is 0 Å². The molecule has 2 nitrogen and oxygen atoms in total. The number of piperidine rings is 3. The highest BCUT2D eigenvalue weighted by Crippen LogP contribution is 2.28. The number of fused-ring (bicyclic) bond motifs is 3. The van der Waals surface area contributed by atoms with E-state index < -0.39 is 0 Å². The Morgan fingerprint density at radius 1 is 1.30 bits per heavy atom. The van der Waals surface area contributed by atoms with Gasteiger partial charge in [0.2, 0.25) is 0 Å². The fourth-order valence-corrected chi connectivity index (χ4v) is 2.14. The van der Waals surface area contributed by atoms with Crippen molar-refractivity contribution in [1.29, 1.82) is 0 Å². The molecule has 1 atom stereocenters. The molecule has 3 fully saturated rings. The largest absolute Gasteiger partial charge is 0.301 e. The van der Waals surface area contributed by atoms with Crippen molar-refractivity contribution in [2.75, 3.05) is 19.6 Å². The SMILES string of the molecule is C=NC1CN2CCC1CC2. The van der Waals surface area contributed by atoms with E-state index in [0.29, 0.717) is 6.04 Å². The van der Waals surface area contributed by atoms with Crippen LogP contribution in [-0.2, 0) is 0 Å². The first kappa shape index (κ1) is 6.35. The molecule has 3 rings (SSSR count). The third kappa shape index (κ3) is 0.870. The molecule has 3 heterocycles. The standard InChI is InChI=1S/C8H14N2/c1-9-8-6-10-4-2-7(8)3-5-10/h7-8H,1-6H2. The van der Waals surface area contributed by atoms with E-state index >= 15 is 0 Å².